The molecule has 3 amide bonds. The molecule has 8 nitrogen and oxygen atoms in total. The number of hydrogen-bond acceptors (Lipinski definition) is 4. The van der Waals surface area contributed by atoms with Crippen molar-refractivity contribution in [3.63, 3.8) is 0 Å². The largest absolute Gasteiger partial charge is 0.350 e. The van der Waals surface area contributed by atoms with Gasteiger partial charge < -0.3 is 10.6 Å². The molecule has 1 aromatic heterocycles. The molecule has 0 spiro atoms. The Hall–Kier alpha value is -3.39. The molecule has 3 N–H and O–H groups in total. The monoisotopic (exact) mass is 432 g/mol. The number of aromatic amines is 1. The molecule has 166 valence electrons. The molecular formula is C24H28N6O2. The number of anilines is 1. The van der Waals surface area contributed by atoms with Gasteiger partial charge in [-0.15, -0.1) is 0 Å². The highest BCUT2D eigenvalue weighted by molar-refractivity contribution is 6.04. The number of benzene rings is 2. The summed E-state index contributed by atoms with van der Waals surface area (Å²) in [6.45, 7) is 4.96. The van der Waals surface area contributed by atoms with Gasteiger partial charge in [0.2, 0.25) is 0 Å². The number of aromatic nitrogens is 2. The van der Waals surface area contributed by atoms with Crippen LogP contribution in [0.1, 0.15) is 28.9 Å². The summed E-state index contributed by atoms with van der Waals surface area (Å²) in [6, 6.07) is 15.9. The Morgan fingerprint density at radius 2 is 1.97 bits per heavy atom. The maximum Gasteiger partial charge on any atom is 0.321 e. The number of nitrogens with zero attached hydrogens (tertiary/aromatic N) is 3. The number of nitrogens with one attached hydrogen (secondary N) is 3. The minimum Gasteiger partial charge on any atom is -0.350 e. The molecule has 1 unspecified atom stereocenters. The lowest BCUT2D eigenvalue weighted by molar-refractivity contribution is 0.0927. The van der Waals surface area contributed by atoms with E-state index in [1.807, 2.05) is 36.4 Å². The van der Waals surface area contributed by atoms with Crippen molar-refractivity contribution in [2.24, 2.45) is 5.92 Å². The van der Waals surface area contributed by atoms with Crippen LogP contribution in [0.15, 0.2) is 48.5 Å². The summed E-state index contributed by atoms with van der Waals surface area (Å²) in [7, 11) is 0. The van der Waals surface area contributed by atoms with Crippen molar-refractivity contribution in [2.75, 3.05) is 37.6 Å². The van der Waals surface area contributed by atoms with Crippen molar-refractivity contribution in [1.29, 1.82) is 0 Å². The van der Waals surface area contributed by atoms with Crippen LogP contribution in [0.4, 0.5) is 10.5 Å². The van der Waals surface area contributed by atoms with Crippen LogP contribution >= 0.6 is 0 Å². The number of H-pyrrole nitrogens is 1. The Bertz CT molecular complexity index is 1110. The summed E-state index contributed by atoms with van der Waals surface area (Å²) in [5, 5.41) is 13.9. The third-order valence-corrected chi connectivity index (χ3v) is 6.35. The van der Waals surface area contributed by atoms with Gasteiger partial charge in [0, 0.05) is 43.8 Å². The molecule has 0 aliphatic carbocycles. The van der Waals surface area contributed by atoms with Gasteiger partial charge in [0.05, 0.1) is 5.52 Å². The smallest absolute Gasteiger partial charge is 0.321 e. The molecule has 8 heteroatoms. The molecule has 3 aromatic rings. The number of carbonyl (C=O) groups excluding carboxylic acids is 2. The average molecular weight is 433 g/mol. The Labute approximate surface area is 187 Å². The summed E-state index contributed by atoms with van der Waals surface area (Å²) < 4.78 is 0. The molecule has 0 bridgehead atoms. The van der Waals surface area contributed by atoms with E-state index in [2.05, 4.69) is 37.9 Å². The van der Waals surface area contributed by atoms with E-state index in [4.69, 9.17) is 0 Å². The number of fused-ring (bicyclic) bond motifs is 1. The van der Waals surface area contributed by atoms with Crippen LogP contribution in [0.2, 0.25) is 0 Å². The topological polar surface area (TPSA) is 93.4 Å². The van der Waals surface area contributed by atoms with Crippen LogP contribution in [0.5, 0.6) is 0 Å². The minimum atomic E-state index is -0.124. The van der Waals surface area contributed by atoms with Gasteiger partial charge in [-0.05, 0) is 49.1 Å². The van der Waals surface area contributed by atoms with Gasteiger partial charge in [-0.2, -0.15) is 5.10 Å². The van der Waals surface area contributed by atoms with Gasteiger partial charge in [0.1, 0.15) is 0 Å². The fourth-order valence-electron chi connectivity index (χ4n) is 4.68. The molecule has 3 heterocycles. The maximum absolute atomic E-state index is 12.7. The lowest BCUT2D eigenvalue weighted by Gasteiger charge is -2.33. The first-order chi connectivity index (χ1) is 15.7. The van der Waals surface area contributed by atoms with E-state index in [1.165, 1.54) is 5.56 Å². The molecule has 2 aliphatic rings. The summed E-state index contributed by atoms with van der Waals surface area (Å²) in [5.41, 5.74) is 3.51. The highest BCUT2D eigenvalue weighted by atomic mass is 16.2. The lowest BCUT2D eigenvalue weighted by atomic mass is 9.97. The molecule has 5 rings (SSSR count). The Kier molecular flexibility index (Phi) is 5.77. The van der Waals surface area contributed by atoms with Gasteiger partial charge >= 0.3 is 6.03 Å². The fraction of sp³-hybridized carbons (Fsp3) is 0.375. The standard InChI is InChI=1S/C24H28N6O2/c31-23(22-20-5-1-2-6-21(20)27-28-22)26-14-18-4-3-12-29(16-18)15-17-7-9-19(10-8-17)30-13-11-25-24(30)32/h1-2,5-10,18H,3-4,11-16H2,(H,25,32)(H,26,31)(H,27,28). The van der Waals surface area contributed by atoms with Crippen molar-refractivity contribution in [1.82, 2.24) is 25.7 Å². The highest BCUT2D eigenvalue weighted by Crippen LogP contribution is 2.21. The quantitative estimate of drug-likeness (QED) is 0.558. The van der Waals surface area contributed by atoms with Crippen LogP contribution in [0, 0.1) is 5.92 Å². The summed E-state index contributed by atoms with van der Waals surface area (Å²) in [4.78, 5) is 28.7. The molecule has 2 saturated heterocycles. The maximum atomic E-state index is 12.7. The number of likely N-dealkylation sites (tertiary alicyclic amines) is 1. The van der Waals surface area contributed by atoms with E-state index in [0.717, 1.165) is 49.1 Å². The van der Waals surface area contributed by atoms with E-state index in [1.54, 1.807) is 4.90 Å². The van der Waals surface area contributed by atoms with Crippen LogP contribution in [-0.4, -0.2) is 59.8 Å². The second-order valence-electron chi connectivity index (χ2n) is 8.62. The SMILES string of the molecule is O=C(NCC1CCCN(Cc2ccc(N3CCNC3=O)cc2)C1)c1n[nH]c2ccccc12. The minimum absolute atomic E-state index is 0.0264. The number of piperidine rings is 1. The van der Waals surface area contributed by atoms with E-state index < -0.39 is 0 Å². The number of amides is 3. The van der Waals surface area contributed by atoms with Crippen LogP contribution in [0.3, 0.4) is 0 Å². The van der Waals surface area contributed by atoms with Crippen molar-refractivity contribution in [2.45, 2.75) is 19.4 Å². The number of para-hydroxylation sites is 1. The Balaban J connectivity index is 1.14. The van der Waals surface area contributed by atoms with Crippen LogP contribution < -0.4 is 15.5 Å². The van der Waals surface area contributed by atoms with Crippen molar-refractivity contribution in [3.05, 3.63) is 59.8 Å². The predicted octanol–water partition coefficient (Wildman–Crippen LogP) is 2.73. The normalized spacial score (nSPS) is 19.3. The molecule has 0 saturated carbocycles. The zero-order chi connectivity index (χ0) is 21.9. The van der Waals surface area contributed by atoms with Gasteiger partial charge in [0.25, 0.3) is 5.91 Å². The number of carbonyl (C=O) groups is 2. The first kappa shape index (κ1) is 20.5. The molecule has 2 aliphatic heterocycles. The average Bonchev–Trinajstić information content (AvgIpc) is 3.45. The van der Waals surface area contributed by atoms with E-state index in [0.29, 0.717) is 31.2 Å². The van der Waals surface area contributed by atoms with Crippen LogP contribution in [0.25, 0.3) is 10.9 Å². The van der Waals surface area contributed by atoms with Gasteiger partial charge in [0.15, 0.2) is 5.69 Å². The Morgan fingerprint density at radius 1 is 1.12 bits per heavy atom. The fourth-order valence-corrected chi connectivity index (χ4v) is 4.68. The molecule has 2 fully saturated rings. The second-order valence-corrected chi connectivity index (χ2v) is 8.62. The summed E-state index contributed by atoms with van der Waals surface area (Å²) in [5.74, 6) is 0.298. The van der Waals surface area contributed by atoms with Crippen molar-refractivity contribution < 1.29 is 9.59 Å². The summed E-state index contributed by atoms with van der Waals surface area (Å²) in [6.07, 6.45) is 2.24. The Morgan fingerprint density at radius 3 is 2.78 bits per heavy atom. The number of rotatable bonds is 6. The van der Waals surface area contributed by atoms with Gasteiger partial charge in [-0.1, -0.05) is 30.3 Å². The molecule has 0 radical (unpaired) electrons. The third-order valence-electron chi connectivity index (χ3n) is 6.35. The number of hydrogen-bond donors (Lipinski definition) is 3. The predicted molar refractivity (Wildman–Crippen MR) is 124 cm³/mol. The van der Waals surface area contributed by atoms with Crippen molar-refractivity contribution >= 4 is 28.5 Å². The second kappa shape index (κ2) is 9.00. The van der Waals surface area contributed by atoms with E-state index in [9.17, 15) is 9.59 Å². The molecule has 2 aromatic carbocycles. The van der Waals surface area contributed by atoms with E-state index >= 15 is 0 Å². The van der Waals surface area contributed by atoms with E-state index in [-0.39, 0.29) is 11.9 Å². The molecular weight excluding hydrogens is 404 g/mol. The first-order valence-electron chi connectivity index (χ1n) is 11.3. The zero-order valence-corrected chi connectivity index (χ0v) is 18.0. The lowest BCUT2D eigenvalue weighted by Crippen LogP contribution is -2.40. The van der Waals surface area contributed by atoms with Crippen LogP contribution in [-0.2, 0) is 6.54 Å². The van der Waals surface area contributed by atoms with Gasteiger partial charge in [-0.3, -0.25) is 19.7 Å². The zero-order valence-electron chi connectivity index (χ0n) is 18.0. The van der Waals surface area contributed by atoms with Gasteiger partial charge in [-0.25, -0.2) is 4.79 Å². The first-order valence-corrected chi connectivity index (χ1v) is 11.3. The van der Waals surface area contributed by atoms with Crippen molar-refractivity contribution in [3.8, 4) is 0 Å². The molecule has 1 atom stereocenters. The number of urea groups is 1. The highest BCUT2D eigenvalue weighted by Gasteiger charge is 2.23. The summed E-state index contributed by atoms with van der Waals surface area (Å²) >= 11 is 0. The molecule has 32 heavy (non-hydrogen) atoms. The third kappa shape index (κ3) is 4.31.